The third-order valence-corrected chi connectivity index (χ3v) is 7.30. The lowest BCUT2D eigenvalue weighted by Gasteiger charge is -2.16. The van der Waals surface area contributed by atoms with E-state index in [9.17, 15) is 4.79 Å². The number of ether oxygens (including phenoxy) is 1. The quantitative estimate of drug-likeness (QED) is 0.259. The number of benzene rings is 3. The number of aromatic nitrogens is 4. The first-order chi connectivity index (χ1) is 20.4. The zero-order chi connectivity index (χ0) is 29.2. The van der Waals surface area contributed by atoms with Crippen molar-refractivity contribution in [3.8, 4) is 34.9 Å². The summed E-state index contributed by atoms with van der Waals surface area (Å²) in [5, 5.41) is 21.4. The second-order valence-corrected chi connectivity index (χ2v) is 10.3. The van der Waals surface area contributed by atoms with Gasteiger partial charge in [0, 0.05) is 24.3 Å². The van der Waals surface area contributed by atoms with Gasteiger partial charge >= 0.3 is 0 Å². The van der Waals surface area contributed by atoms with E-state index >= 15 is 0 Å². The number of aromatic amines is 1. The van der Waals surface area contributed by atoms with Crippen LogP contribution >= 0.6 is 0 Å². The van der Waals surface area contributed by atoms with Gasteiger partial charge in [-0.2, -0.15) is 20.5 Å². The Hall–Kier alpha value is -5.74. The second kappa shape index (κ2) is 11.0. The third kappa shape index (κ3) is 5.21. The van der Waals surface area contributed by atoms with E-state index in [0.29, 0.717) is 53.0 Å². The van der Waals surface area contributed by atoms with E-state index in [1.54, 1.807) is 35.5 Å². The maximum atomic E-state index is 12.9. The van der Waals surface area contributed by atoms with Crippen LogP contribution < -0.4 is 10.1 Å². The molecule has 0 bridgehead atoms. The minimum Gasteiger partial charge on any atom is -0.436 e. The molecule has 5 aromatic rings. The van der Waals surface area contributed by atoms with E-state index in [4.69, 9.17) is 15.3 Å². The topological polar surface area (TPSA) is 144 Å². The molecule has 2 aromatic heterocycles. The molecule has 6 rings (SSSR count). The number of anilines is 2. The Bertz CT molecular complexity index is 1860. The monoisotopic (exact) mass is 554 g/mol. The van der Waals surface area contributed by atoms with Crippen LogP contribution in [0.5, 0.6) is 11.6 Å². The van der Waals surface area contributed by atoms with Gasteiger partial charge in [-0.05, 0) is 91.1 Å². The average Bonchev–Trinajstić information content (AvgIpc) is 3.69. The highest BCUT2D eigenvalue weighted by Crippen LogP contribution is 2.35. The number of amides is 1. The van der Waals surface area contributed by atoms with Gasteiger partial charge in [0.05, 0.1) is 29.9 Å². The molecule has 0 spiro atoms. The van der Waals surface area contributed by atoms with E-state index in [1.165, 1.54) is 0 Å². The lowest BCUT2D eigenvalue weighted by atomic mass is 9.98. The first kappa shape index (κ1) is 26.5. The molecule has 3 aromatic carbocycles. The van der Waals surface area contributed by atoms with Gasteiger partial charge in [-0.25, -0.2) is 4.98 Å². The predicted molar refractivity (Wildman–Crippen MR) is 157 cm³/mol. The van der Waals surface area contributed by atoms with Crippen molar-refractivity contribution in [2.75, 3.05) is 18.4 Å². The molecule has 1 amide bonds. The molecule has 1 unspecified atom stereocenters. The van der Waals surface area contributed by atoms with E-state index in [1.807, 2.05) is 50.2 Å². The Morgan fingerprint density at radius 3 is 2.43 bits per heavy atom. The van der Waals surface area contributed by atoms with Crippen molar-refractivity contribution in [2.45, 2.75) is 20.3 Å². The number of imidazole rings is 1. The number of hydrogen-bond acceptors (Lipinski definition) is 8. The summed E-state index contributed by atoms with van der Waals surface area (Å²) in [5.41, 5.74) is 6.73. The molecule has 1 aliphatic heterocycles. The fourth-order valence-corrected chi connectivity index (χ4v) is 5.11. The van der Waals surface area contributed by atoms with Crippen LogP contribution in [0.4, 0.5) is 11.6 Å². The van der Waals surface area contributed by atoms with Crippen molar-refractivity contribution < 1.29 is 9.53 Å². The smallest absolute Gasteiger partial charge is 0.253 e. The highest BCUT2D eigenvalue weighted by atomic mass is 16.5. The summed E-state index contributed by atoms with van der Waals surface area (Å²) >= 11 is 0. The molecule has 2 N–H and O–H groups in total. The molecular formula is C32H26N8O2. The maximum absolute atomic E-state index is 12.9. The van der Waals surface area contributed by atoms with Crippen molar-refractivity contribution in [3.63, 3.8) is 0 Å². The molecule has 10 nitrogen and oxygen atoms in total. The van der Waals surface area contributed by atoms with Crippen LogP contribution in [0.2, 0.25) is 0 Å². The number of nitrogens with one attached hydrogen (secondary N) is 2. The van der Waals surface area contributed by atoms with Gasteiger partial charge in [-0.1, -0.05) is 12.1 Å². The number of H-pyrrole nitrogens is 1. The number of nitrogens with zero attached hydrogens (tertiary/aromatic N) is 6. The zero-order valence-corrected chi connectivity index (χ0v) is 23.0. The highest BCUT2D eigenvalue weighted by Gasteiger charge is 2.26. The third-order valence-electron chi connectivity index (χ3n) is 7.30. The Kier molecular flexibility index (Phi) is 6.95. The van der Waals surface area contributed by atoms with Gasteiger partial charge in [0.1, 0.15) is 11.3 Å². The van der Waals surface area contributed by atoms with Crippen molar-refractivity contribution in [1.82, 2.24) is 24.8 Å². The van der Waals surface area contributed by atoms with E-state index < -0.39 is 0 Å². The van der Waals surface area contributed by atoms with Crippen molar-refractivity contribution in [1.29, 1.82) is 10.5 Å². The molecule has 1 fully saturated rings. The summed E-state index contributed by atoms with van der Waals surface area (Å²) in [6.07, 6.45) is 2.27. The number of rotatable bonds is 6. The lowest BCUT2D eigenvalue weighted by Crippen LogP contribution is -2.28. The molecular weight excluding hydrogens is 528 g/mol. The first-order valence-electron chi connectivity index (χ1n) is 13.5. The van der Waals surface area contributed by atoms with Crippen LogP contribution in [0.15, 0.2) is 67.0 Å². The Morgan fingerprint density at radius 2 is 1.76 bits per heavy atom. The van der Waals surface area contributed by atoms with Crippen molar-refractivity contribution >= 4 is 28.7 Å². The van der Waals surface area contributed by atoms with Crippen LogP contribution in [0.1, 0.15) is 33.5 Å². The SMILES string of the molecule is Cc1cc(-c2ccc(C(=O)N3CCC(C#N)C3)cc2)cc(C)c1Oc1nc(Nc2ccc(C#N)cc2)nc2nc[nH]c12. The maximum Gasteiger partial charge on any atom is 0.253 e. The molecule has 1 atom stereocenters. The second-order valence-electron chi connectivity index (χ2n) is 10.3. The highest BCUT2D eigenvalue weighted by molar-refractivity contribution is 5.95. The molecule has 1 aliphatic rings. The fraction of sp³-hybridized carbons (Fsp3) is 0.188. The summed E-state index contributed by atoms with van der Waals surface area (Å²) in [6.45, 7) is 5.05. The van der Waals surface area contributed by atoms with Gasteiger partial charge < -0.3 is 19.9 Å². The minimum absolute atomic E-state index is 0.0431. The number of nitriles is 2. The lowest BCUT2D eigenvalue weighted by molar-refractivity contribution is 0.0790. The minimum atomic E-state index is -0.0861. The molecule has 0 radical (unpaired) electrons. The largest absolute Gasteiger partial charge is 0.436 e. The molecule has 1 saturated heterocycles. The van der Waals surface area contributed by atoms with E-state index in [-0.39, 0.29) is 11.8 Å². The molecule has 206 valence electrons. The number of carbonyl (C=O) groups excluding carboxylic acids is 1. The van der Waals surface area contributed by atoms with Gasteiger partial charge in [0.2, 0.25) is 5.95 Å². The number of fused-ring (bicyclic) bond motifs is 1. The summed E-state index contributed by atoms with van der Waals surface area (Å²) < 4.78 is 6.36. The first-order valence-corrected chi connectivity index (χ1v) is 13.5. The Balaban J connectivity index is 1.24. The van der Waals surface area contributed by atoms with E-state index in [0.717, 1.165) is 34.4 Å². The summed E-state index contributed by atoms with van der Waals surface area (Å²) in [7, 11) is 0. The standard InChI is InChI=1S/C32H26N8O2/c1-19-13-25(23-5-7-24(8-6-23)31(41)40-12-11-22(16-34)17-40)14-20(2)28(19)42-30-27-29(36-18-35-27)38-32(39-30)37-26-9-3-21(15-33)4-10-26/h3-10,13-14,18,22H,11-12,17H2,1-2H3,(H2,35,36,37,38,39). The number of carbonyl (C=O) groups is 1. The molecule has 10 heteroatoms. The predicted octanol–water partition coefficient (Wildman–Crippen LogP) is 6.03. The van der Waals surface area contributed by atoms with Crippen LogP contribution in [0.3, 0.4) is 0 Å². The van der Waals surface area contributed by atoms with Gasteiger partial charge in [0.25, 0.3) is 11.8 Å². The van der Waals surface area contributed by atoms with Crippen LogP contribution in [-0.2, 0) is 0 Å². The van der Waals surface area contributed by atoms with Crippen molar-refractivity contribution in [3.05, 3.63) is 89.2 Å². The number of hydrogen-bond donors (Lipinski definition) is 2. The van der Waals surface area contributed by atoms with Crippen LogP contribution in [-0.4, -0.2) is 43.8 Å². The zero-order valence-electron chi connectivity index (χ0n) is 23.0. The molecule has 3 heterocycles. The fourth-order valence-electron chi connectivity index (χ4n) is 5.11. The van der Waals surface area contributed by atoms with Gasteiger partial charge in [-0.15, -0.1) is 0 Å². The summed E-state index contributed by atoms with van der Waals surface area (Å²) in [5.74, 6) is 1.19. The van der Waals surface area contributed by atoms with Gasteiger partial charge in [-0.3, -0.25) is 4.79 Å². The summed E-state index contributed by atoms with van der Waals surface area (Å²) in [4.78, 5) is 31.1. The van der Waals surface area contributed by atoms with E-state index in [2.05, 4.69) is 37.4 Å². The number of aryl methyl sites for hydroxylation is 2. The van der Waals surface area contributed by atoms with Crippen LogP contribution in [0, 0.1) is 42.4 Å². The molecule has 0 saturated carbocycles. The number of likely N-dealkylation sites (tertiary alicyclic amines) is 1. The Morgan fingerprint density at radius 1 is 1.02 bits per heavy atom. The van der Waals surface area contributed by atoms with Crippen LogP contribution in [0.25, 0.3) is 22.3 Å². The Labute approximate surface area is 242 Å². The van der Waals surface area contributed by atoms with Crippen molar-refractivity contribution in [2.24, 2.45) is 5.92 Å². The normalized spacial score (nSPS) is 14.4. The summed E-state index contributed by atoms with van der Waals surface area (Å²) in [6, 6.07) is 23.0. The molecule has 42 heavy (non-hydrogen) atoms. The average molecular weight is 555 g/mol. The van der Waals surface area contributed by atoms with Gasteiger partial charge in [0.15, 0.2) is 5.65 Å². The molecule has 0 aliphatic carbocycles.